The van der Waals surface area contributed by atoms with Crippen LogP contribution in [0.15, 0.2) is 29.3 Å². The molecule has 1 aliphatic rings. The highest BCUT2D eigenvalue weighted by molar-refractivity contribution is 14.0. The van der Waals surface area contributed by atoms with Crippen molar-refractivity contribution in [2.24, 2.45) is 4.99 Å². The van der Waals surface area contributed by atoms with Gasteiger partial charge in [-0.1, -0.05) is 25.0 Å². The zero-order chi connectivity index (χ0) is 17.4. The van der Waals surface area contributed by atoms with Crippen molar-refractivity contribution in [2.45, 2.75) is 38.1 Å². The average molecular weight is 462 g/mol. The summed E-state index contributed by atoms with van der Waals surface area (Å²) in [5.41, 5.74) is 1.06. The van der Waals surface area contributed by atoms with Crippen molar-refractivity contribution in [2.75, 3.05) is 27.2 Å². The van der Waals surface area contributed by atoms with E-state index in [2.05, 4.69) is 15.6 Å². The van der Waals surface area contributed by atoms with E-state index in [1.54, 1.807) is 26.2 Å². The van der Waals surface area contributed by atoms with E-state index in [9.17, 15) is 9.18 Å². The van der Waals surface area contributed by atoms with E-state index >= 15 is 0 Å². The van der Waals surface area contributed by atoms with Crippen molar-refractivity contribution < 1.29 is 9.18 Å². The first kappa shape index (κ1) is 21.7. The Hall–Kier alpha value is -1.38. The van der Waals surface area contributed by atoms with E-state index in [0.717, 1.165) is 24.8 Å². The summed E-state index contributed by atoms with van der Waals surface area (Å²) >= 11 is 0. The quantitative estimate of drug-likeness (QED) is 0.388. The van der Waals surface area contributed by atoms with Crippen LogP contribution in [0.4, 0.5) is 4.39 Å². The summed E-state index contributed by atoms with van der Waals surface area (Å²) in [7, 11) is 3.45. The maximum absolute atomic E-state index is 12.9. The van der Waals surface area contributed by atoms with Gasteiger partial charge >= 0.3 is 0 Å². The molecule has 0 radical (unpaired) electrons. The van der Waals surface area contributed by atoms with Gasteiger partial charge in [0.25, 0.3) is 0 Å². The normalized spacial score (nSPS) is 14.8. The van der Waals surface area contributed by atoms with Crippen LogP contribution in [-0.2, 0) is 11.2 Å². The molecule has 1 aromatic rings. The topological polar surface area (TPSA) is 56.7 Å². The van der Waals surface area contributed by atoms with Crippen LogP contribution in [0.1, 0.15) is 31.2 Å². The number of carbonyl (C=O) groups excluding carboxylic acids is 1. The molecule has 0 aromatic heterocycles. The Labute approximate surface area is 166 Å². The lowest BCUT2D eigenvalue weighted by atomic mass is 10.1. The molecule has 2 rings (SSSR count). The molecule has 0 spiro atoms. The van der Waals surface area contributed by atoms with Crippen LogP contribution in [0.5, 0.6) is 0 Å². The molecule has 0 atom stereocenters. The maximum Gasteiger partial charge on any atom is 0.243 e. The Morgan fingerprint density at radius 1 is 1.24 bits per heavy atom. The molecule has 1 fully saturated rings. The highest BCUT2D eigenvalue weighted by Gasteiger charge is 2.16. The third kappa shape index (κ3) is 8.02. The van der Waals surface area contributed by atoms with Crippen molar-refractivity contribution in [3.05, 3.63) is 35.6 Å². The van der Waals surface area contributed by atoms with Crippen molar-refractivity contribution in [1.82, 2.24) is 15.5 Å². The van der Waals surface area contributed by atoms with Gasteiger partial charge in [-0.25, -0.2) is 9.38 Å². The summed E-state index contributed by atoms with van der Waals surface area (Å²) in [6.07, 6.45) is 5.52. The molecule has 0 aliphatic heterocycles. The molecule has 1 saturated carbocycles. The minimum atomic E-state index is -0.223. The molecular formula is C18H28FIN4O. The minimum absolute atomic E-state index is 0. The highest BCUT2D eigenvalue weighted by Crippen LogP contribution is 2.17. The Kier molecular flexibility index (Phi) is 9.77. The number of carbonyl (C=O) groups is 1. The van der Waals surface area contributed by atoms with Gasteiger partial charge in [0.2, 0.25) is 5.91 Å². The van der Waals surface area contributed by atoms with Gasteiger partial charge in [-0.15, -0.1) is 24.0 Å². The largest absolute Gasteiger partial charge is 0.356 e. The number of aliphatic imine (C=N–C) groups is 1. The Morgan fingerprint density at radius 3 is 2.48 bits per heavy atom. The first-order chi connectivity index (χ1) is 11.5. The second kappa shape index (κ2) is 11.3. The number of amides is 1. The molecule has 25 heavy (non-hydrogen) atoms. The van der Waals surface area contributed by atoms with E-state index in [1.165, 1.54) is 29.9 Å². The van der Waals surface area contributed by atoms with E-state index in [0.29, 0.717) is 18.5 Å². The first-order valence-corrected chi connectivity index (χ1v) is 8.54. The summed E-state index contributed by atoms with van der Waals surface area (Å²) in [5.74, 6) is 0.430. The van der Waals surface area contributed by atoms with Gasteiger partial charge in [-0.05, 0) is 37.0 Å². The van der Waals surface area contributed by atoms with Crippen LogP contribution in [0.25, 0.3) is 0 Å². The molecule has 0 unspecified atom stereocenters. The molecule has 1 aromatic carbocycles. The highest BCUT2D eigenvalue weighted by atomic mass is 127. The molecule has 0 saturated heterocycles. The fourth-order valence-corrected chi connectivity index (χ4v) is 2.68. The van der Waals surface area contributed by atoms with Gasteiger partial charge in [0, 0.05) is 26.7 Å². The third-order valence-electron chi connectivity index (χ3n) is 4.19. The number of guanidine groups is 1. The van der Waals surface area contributed by atoms with Gasteiger partial charge in [-0.2, -0.15) is 0 Å². The van der Waals surface area contributed by atoms with Crippen LogP contribution in [0.3, 0.4) is 0 Å². The number of rotatable bonds is 6. The molecule has 1 amide bonds. The minimum Gasteiger partial charge on any atom is -0.356 e. The van der Waals surface area contributed by atoms with Crippen LogP contribution in [0, 0.1) is 5.82 Å². The van der Waals surface area contributed by atoms with Crippen LogP contribution < -0.4 is 10.6 Å². The predicted molar refractivity (Wildman–Crippen MR) is 110 cm³/mol. The smallest absolute Gasteiger partial charge is 0.243 e. The maximum atomic E-state index is 12.9. The van der Waals surface area contributed by atoms with Crippen molar-refractivity contribution in [1.29, 1.82) is 0 Å². The van der Waals surface area contributed by atoms with Crippen molar-refractivity contribution in [3.8, 4) is 0 Å². The second-order valence-electron chi connectivity index (χ2n) is 6.38. The number of benzene rings is 1. The molecule has 1 aliphatic carbocycles. The molecule has 140 valence electrons. The zero-order valence-corrected chi connectivity index (χ0v) is 17.3. The van der Waals surface area contributed by atoms with Gasteiger partial charge in [0.05, 0.1) is 0 Å². The molecule has 5 nitrogen and oxygen atoms in total. The number of likely N-dealkylation sites (N-methyl/N-ethyl adjacent to an activating group) is 1. The van der Waals surface area contributed by atoms with Gasteiger partial charge < -0.3 is 15.5 Å². The lowest BCUT2D eigenvalue weighted by molar-refractivity contribution is -0.127. The SMILES string of the molecule is CN(C)C(=O)CN=C(NCCc1ccc(F)cc1)NC1CCCC1.I. The molecule has 0 bridgehead atoms. The van der Waals surface area contributed by atoms with Crippen LogP contribution >= 0.6 is 24.0 Å². The number of halogens is 2. The third-order valence-corrected chi connectivity index (χ3v) is 4.19. The predicted octanol–water partition coefficient (Wildman–Crippen LogP) is 2.55. The fourth-order valence-electron chi connectivity index (χ4n) is 2.68. The summed E-state index contributed by atoms with van der Waals surface area (Å²) in [4.78, 5) is 17.7. The Bertz CT molecular complexity index is 557. The van der Waals surface area contributed by atoms with E-state index in [4.69, 9.17) is 0 Å². The summed E-state index contributed by atoms with van der Waals surface area (Å²) in [6.45, 7) is 0.811. The lowest BCUT2D eigenvalue weighted by Gasteiger charge is -2.18. The first-order valence-electron chi connectivity index (χ1n) is 8.54. The molecule has 2 N–H and O–H groups in total. The van der Waals surface area contributed by atoms with Crippen LogP contribution in [0.2, 0.25) is 0 Å². The lowest BCUT2D eigenvalue weighted by Crippen LogP contribution is -2.43. The second-order valence-corrected chi connectivity index (χ2v) is 6.38. The standard InChI is InChI=1S/C18H27FN4O.HI/c1-23(2)17(24)13-21-18(22-16-5-3-4-6-16)20-12-11-14-7-9-15(19)10-8-14;/h7-10,16H,3-6,11-13H2,1-2H3,(H2,20,21,22);1H. The number of hydrogen-bond donors (Lipinski definition) is 2. The van der Waals surface area contributed by atoms with Gasteiger partial charge in [0.15, 0.2) is 5.96 Å². The summed E-state index contributed by atoms with van der Waals surface area (Å²) in [5, 5.41) is 6.69. The molecule has 0 heterocycles. The fraction of sp³-hybridized carbons (Fsp3) is 0.556. The Morgan fingerprint density at radius 2 is 1.88 bits per heavy atom. The van der Waals surface area contributed by atoms with Crippen LogP contribution in [-0.4, -0.2) is 50.0 Å². The van der Waals surface area contributed by atoms with Crippen molar-refractivity contribution in [3.63, 3.8) is 0 Å². The monoisotopic (exact) mass is 462 g/mol. The zero-order valence-electron chi connectivity index (χ0n) is 14.9. The van der Waals surface area contributed by atoms with Gasteiger partial charge in [0.1, 0.15) is 12.4 Å². The van der Waals surface area contributed by atoms with Gasteiger partial charge in [-0.3, -0.25) is 4.79 Å². The molecule has 7 heteroatoms. The van der Waals surface area contributed by atoms with E-state index < -0.39 is 0 Å². The Balaban J connectivity index is 0.00000312. The number of nitrogens with zero attached hydrogens (tertiary/aromatic N) is 2. The van der Waals surface area contributed by atoms with Crippen molar-refractivity contribution >= 4 is 35.8 Å². The van der Waals surface area contributed by atoms with E-state index in [1.807, 2.05) is 0 Å². The number of nitrogens with one attached hydrogen (secondary N) is 2. The summed E-state index contributed by atoms with van der Waals surface area (Å²) < 4.78 is 12.9. The summed E-state index contributed by atoms with van der Waals surface area (Å²) in [6, 6.07) is 6.94. The van der Waals surface area contributed by atoms with E-state index in [-0.39, 0.29) is 42.2 Å². The molecular weight excluding hydrogens is 434 g/mol. The average Bonchev–Trinajstić information content (AvgIpc) is 3.06. The number of hydrogen-bond acceptors (Lipinski definition) is 2.